The molecule has 0 aliphatic carbocycles. The predicted octanol–water partition coefficient (Wildman–Crippen LogP) is 6.10. The number of carbonyl (C=O) groups is 1. The van der Waals surface area contributed by atoms with Gasteiger partial charge in [0.1, 0.15) is 0 Å². The van der Waals surface area contributed by atoms with Crippen molar-refractivity contribution in [2.24, 2.45) is 0 Å². The molecule has 1 aromatic heterocycles. The molecule has 0 fully saturated rings. The van der Waals surface area contributed by atoms with E-state index in [2.05, 4.69) is 59.7 Å². The van der Waals surface area contributed by atoms with E-state index in [4.69, 9.17) is 0 Å². The highest BCUT2D eigenvalue weighted by atomic mass is 32.2. The Morgan fingerprint density at radius 1 is 0.909 bits per heavy atom. The third-order valence-electron chi connectivity index (χ3n) is 5.60. The van der Waals surface area contributed by atoms with Gasteiger partial charge < -0.3 is 5.32 Å². The average molecular weight is 457 g/mol. The third kappa shape index (κ3) is 5.17. The van der Waals surface area contributed by atoms with Gasteiger partial charge >= 0.3 is 0 Å². The molecule has 168 valence electrons. The zero-order chi connectivity index (χ0) is 23.2. The van der Waals surface area contributed by atoms with Crippen molar-refractivity contribution >= 4 is 23.4 Å². The van der Waals surface area contributed by atoms with Crippen LogP contribution in [-0.4, -0.2) is 26.4 Å². The summed E-state index contributed by atoms with van der Waals surface area (Å²) in [6, 6.07) is 24.5. The van der Waals surface area contributed by atoms with Crippen molar-refractivity contribution in [2.45, 2.75) is 38.8 Å². The van der Waals surface area contributed by atoms with Gasteiger partial charge in [-0.25, -0.2) is 0 Å². The molecule has 0 aliphatic heterocycles. The van der Waals surface area contributed by atoms with Crippen LogP contribution in [0, 0.1) is 6.92 Å². The van der Waals surface area contributed by atoms with E-state index < -0.39 is 0 Å². The fourth-order valence-electron chi connectivity index (χ4n) is 3.76. The van der Waals surface area contributed by atoms with Gasteiger partial charge in [0, 0.05) is 16.9 Å². The summed E-state index contributed by atoms with van der Waals surface area (Å²) in [4.78, 5) is 12.8. The summed E-state index contributed by atoms with van der Waals surface area (Å²) in [7, 11) is 0. The number of rotatable bonds is 8. The lowest BCUT2D eigenvalue weighted by Crippen LogP contribution is -2.16. The summed E-state index contributed by atoms with van der Waals surface area (Å²) in [6.45, 7) is 6.25. The van der Waals surface area contributed by atoms with Crippen LogP contribution in [0.2, 0.25) is 0 Å². The molecule has 0 saturated carbocycles. The molecule has 4 aromatic rings. The normalized spacial score (nSPS) is 10.9. The number of aromatic nitrogens is 3. The summed E-state index contributed by atoms with van der Waals surface area (Å²) >= 11 is 1.39. The summed E-state index contributed by atoms with van der Waals surface area (Å²) in [6.07, 6.45) is 1.85. The van der Waals surface area contributed by atoms with Crippen LogP contribution in [0.1, 0.15) is 30.5 Å². The lowest BCUT2D eigenvalue weighted by molar-refractivity contribution is -0.113. The molecule has 0 radical (unpaired) electrons. The SMILES string of the molecule is CCc1ccc(-n2c(SCC(=O)Nc3c(C)cccc3CC)nnc2-c2ccccc2)cc1. The zero-order valence-electron chi connectivity index (χ0n) is 19.2. The Hall–Kier alpha value is -3.38. The van der Waals surface area contributed by atoms with Crippen molar-refractivity contribution < 1.29 is 4.79 Å². The zero-order valence-corrected chi connectivity index (χ0v) is 20.0. The lowest BCUT2D eigenvalue weighted by atomic mass is 10.1. The average Bonchev–Trinajstić information content (AvgIpc) is 3.28. The third-order valence-corrected chi connectivity index (χ3v) is 6.53. The first-order chi connectivity index (χ1) is 16.1. The van der Waals surface area contributed by atoms with Crippen molar-refractivity contribution in [1.82, 2.24) is 14.8 Å². The Kier molecular flexibility index (Phi) is 7.25. The number of amides is 1. The molecular weight excluding hydrogens is 428 g/mol. The van der Waals surface area contributed by atoms with Gasteiger partial charge in [-0.05, 0) is 48.6 Å². The predicted molar refractivity (Wildman–Crippen MR) is 136 cm³/mol. The van der Waals surface area contributed by atoms with Gasteiger partial charge in [-0.1, -0.05) is 86.3 Å². The molecule has 1 N–H and O–H groups in total. The van der Waals surface area contributed by atoms with E-state index in [9.17, 15) is 4.79 Å². The van der Waals surface area contributed by atoms with Crippen LogP contribution in [-0.2, 0) is 17.6 Å². The van der Waals surface area contributed by atoms with Crippen LogP contribution in [0.15, 0.2) is 78.0 Å². The van der Waals surface area contributed by atoms with Crippen LogP contribution >= 0.6 is 11.8 Å². The molecule has 5 nitrogen and oxygen atoms in total. The second-order valence-corrected chi connectivity index (χ2v) is 8.77. The standard InChI is InChI=1S/C27H28N4OS/c1-4-20-14-16-23(17-15-20)31-26(22-11-7-6-8-12-22)29-30-27(31)33-18-24(32)28-25-19(3)10-9-13-21(25)5-2/h6-17H,4-5,18H2,1-3H3,(H,28,32). The Morgan fingerprint density at radius 3 is 2.36 bits per heavy atom. The molecule has 0 spiro atoms. The van der Waals surface area contributed by atoms with Crippen molar-refractivity contribution in [3.63, 3.8) is 0 Å². The van der Waals surface area contributed by atoms with Gasteiger partial charge in [0.05, 0.1) is 5.75 Å². The number of hydrogen-bond acceptors (Lipinski definition) is 4. The number of thioether (sulfide) groups is 1. The molecule has 0 atom stereocenters. The highest BCUT2D eigenvalue weighted by Crippen LogP contribution is 2.29. The lowest BCUT2D eigenvalue weighted by Gasteiger charge is -2.13. The largest absolute Gasteiger partial charge is 0.325 e. The maximum atomic E-state index is 12.8. The molecule has 33 heavy (non-hydrogen) atoms. The van der Waals surface area contributed by atoms with Crippen molar-refractivity contribution in [1.29, 1.82) is 0 Å². The number of carbonyl (C=O) groups excluding carboxylic acids is 1. The Balaban J connectivity index is 1.60. The van der Waals surface area contributed by atoms with Gasteiger partial charge in [0.2, 0.25) is 5.91 Å². The van der Waals surface area contributed by atoms with E-state index in [1.165, 1.54) is 17.3 Å². The van der Waals surface area contributed by atoms with Crippen molar-refractivity contribution in [3.05, 3.63) is 89.5 Å². The van der Waals surface area contributed by atoms with Gasteiger partial charge in [-0.15, -0.1) is 10.2 Å². The second-order valence-electron chi connectivity index (χ2n) is 7.83. The minimum Gasteiger partial charge on any atom is -0.325 e. The summed E-state index contributed by atoms with van der Waals surface area (Å²) in [5.74, 6) is 0.952. The topological polar surface area (TPSA) is 59.8 Å². The first kappa shape index (κ1) is 22.8. The van der Waals surface area contributed by atoms with E-state index in [-0.39, 0.29) is 11.7 Å². The summed E-state index contributed by atoms with van der Waals surface area (Å²) < 4.78 is 2.03. The number of anilines is 1. The van der Waals surface area contributed by atoms with Crippen LogP contribution in [0.4, 0.5) is 5.69 Å². The van der Waals surface area contributed by atoms with E-state index in [1.54, 1.807) is 0 Å². The second kappa shape index (κ2) is 10.5. The van der Waals surface area contributed by atoms with Gasteiger partial charge in [-0.3, -0.25) is 9.36 Å². The Bertz CT molecular complexity index is 1230. The monoisotopic (exact) mass is 456 g/mol. The van der Waals surface area contributed by atoms with E-state index in [0.717, 1.165) is 46.7 Å². The van der Waals surface area contributed by atoms with Gasteiger partial charge in [0.15, 0.2) is 11.0 Å². The fourth-order valence-corrected chi connectivity index (χ4v) is 4.51. The molecule has 1 heterocycles. The van der Waals surface area contributed by atoms with E-state index in [0.29, 0.717) is 5.16 Å². The van der Waals surface area contributed by atoms with Crippen molar-refractivity contribution in [3.8, 4) is 17.1 Å². The number of benzene rings is 3. The number of nitrogens with one attached hydrogen (secondary N) is 1. The highest BCUT2D eigenvalue weighted by Gasteiger charge is 2.18. The van der Waals surface area contributed by atoms with E-state index >= 15 is 0 Å². The highest BCUT2D eigenvalue weighted by molar-refractivity contribution is 7.99. The van der Waals surface area contributed by atoms with Gasteiger partial charge in [-0.2, -0.15) is 0 Å². The summed E-state index contributed by atoms with van der Waals surface area (Å²) in [5, 5.41) is 12.7. The van der Waals surface area contributed by atoms with Crippen molar-refractivity contribution in [2.75, 3.05) is 11.1 Å². The maximum Gasteiger partial charge on any atom is 0.234 e. The van der Waals surface area contributed by atoms with Crippen LogP contribution in [0.3, 0.4) is 0 Å². The van der Waals surface area contributed by atoms with E-state index in [1.807, 2.05) is 54.0 Å². The fraction of sp³-hybridized carbons (Fsp3) is 0.222. The molecule has 1 amide bonds. The molecule has 0 bridgehead atoms. The first-order valence-corrected chi connectivity index (χ1v) is 12.2. The molecular formula is C27H28N4OS. The Labute approximate surface area is 199 Å². The maximum absolute atomic E-state index is 12.8. The minimum absolute atomic E-state index is 0.0545. The molecule has 0 unspecified atom stereocenters. The number of para-hydroxylation sites is 1. The molecule has 4 rings (SSSR count). The van der Waals surface area contributed by atoms with Gasteiger partial charge in [0.25, 0.3) is 0 Å². The van der Waals surface area contributed by atoms with Crippen LogP contribution in [0.5, 0.6) is 0 Å². The quantitative estimate of drug-likeness (QED) is 0.326. The van der Waals surface area contributed by atoms with Crippen LogP contribution in [0.25, 0.3) is 17.1 Å². The Morgan fingerprint density at radius 2 is 1.67 bits per heavy atom. The molecule has 0 aliphatic rings. The molecule has 6 heteroatoms. The first-order valence-electron chi connectivity index (χ1n) is 11.2. The summed E-state index contributed by atoms with van der Waals surface area (Å²) in [5.41, 5.74) is 6.34. The number of nitrogens with zero attached hydrogens (tertiary/aromatic N) is 3. The number of hydrogen-bond donors (Lipinski definition) is 1. The molecule has 3 aromatic carbocycles. The molecule has 0 saturated heterocycles. The minimum atomic E-state index is -0.0545. The van der Waals surface area contributed by atoms with Crippen LogP contribution < -0.4 is 5.32 Å². The smallest absolute Gasteiger partial charge is 0.234 e. The number of aryl methyl sites for hydroxylation is 3.